The van der Waals surface area contributed by atoms with Crippen LogP contribution in [0.5, 0.6) is 11.5 Å². The van der Waals surface area contributed by atoms with Gasteiger partial charge in [0.05, 0.1) is 26.7 Å². The van der Waals surface area contributed by atoms with E-state index in [0.29, 0.717) is 19.8 Å². The molecule has 2 aromatic rings. The predicted octanol–water partition coefficient (Wildman–Crippen LogP) is 4.20. The maximum absolute atomic E-state index is 11.6. The summed E-state index contributed by atoms with van der Waals surface area (Å²) in [5.74, 6) is 1.17. The Morgan fingerprint density at radius 1 is 1.13 bits per heavy atom. The summed E-state index contributed by atoms with van der Waals surface area (Å²) in [5.41, 5.74) is 3.24. The summed E-state index contributed by atoms with van der Waals surface area (Å²) in [4.78, 5) is 14.0. The zero-order valence-electron chi connectivity index (χ0n) is 22.3. The fourth-order valence-corrected chi connectivity index (χ4v) is 9.44. The van der Waals surface area contributed by atoms with Crippen molar-refractivity contribution in [3.8, 4) is 11.5 Å². The average Bonchev–Trinajstić information content (AvgIpc) is 3.30. The molecule has 0 radical (unpaired) electrons. The second kappa shape index (κ2) is 8.70. The summed E-state index contributed by atoms with van der Waals surface area (Å²) in [5, 5.41) is 9.50. The number of rotatable bonds is 9. The lowest BCUT2D eigenvalue weighted by Gasteiger charge is -2.74. The Bertz CT molecular complexity index is 1250. The van der Waals surface area contributed by atoms with E-state index in [1.165, 1.54) is 16.7 Å². The van der Waals surface area contributed by atoms with Crippen LogP contribution >= 0.6 is 0 Å². The maximum Gasteiger partial charge on any atom is 0.304 e. The van der Waals surface area contributed by atoms with E-state index in [1.54, 1.807) is 7.11 Å². The van der Waals surface area contributed by atoms with E-state index in [0.717, 1.165) is 50.1 Å². The molecule has 1 N–H and O–H groups in total. The summed E-state index contributed by atoms with van der Waals surface area (Å²) in [6.07, 6.45) is 4.91. The third-order valence-corrected chi connectivity index (χ3v) is 10.9. The number of carboxylic acid groups (broad SMARTS) is 1. The molecular weight excluding hydrogens is 482 g/mol. The summed E-state index contributed by atoms with van der Waals surface area (Å²) < 4.78 is 25.8. The number of fused-ring (bicyclic) bond motifs is 2. The van der Waals surface area contributed by atoms with Crippen LogP contribution in [0.3, 0.4) is 0 Å². The molecule has 4 aliphatic carbocycles. The molecule has 4 bridgehead atoms. The van der Waals surface area contributed by atoms with Gasteiger partial charge >= 0.3 is 5.97 Å². The van der Waals surface area contributed by atoms with Gasteiger partial charge in [0, 0.05) is 42.0 Å². The second-order valence-corrected chi connectivity index (χ2v) is 12.0. The highest BCUT2D eigenvalue weighted by Gasteiger charge is 2.80. The Labute approximate surface area is 224 Å². The quantitative estimate of drug-likeness (QED) is 0.532. The zero-order chi connectivity index (χ0) is 26.1. The van der Waals surface area contributed by atoms with Gasteiger partial charge in [-0.15, -0.1) is 0 Å². The molecule has 2 spiro atoms. The lowest BCUT2D eigenvalue weighted by atomic mass is 9.35. The lowest BCUT2D eigenvalue weighted by molar-refractivity contribution is -0.283. The number of hydrogen-bond acceptors (Lipinski definition) is 6. The van der Waals surface area contributed by atoms with Crippen LogP contribution < -0.4 is 9.47 Å². The van der Waals surface area contributed by atoms with Crippen LogP contribution in [0.15, 0.2) is 42.5 Å². The van der Waals surface area contributed by atoms with Crippen LogP contribution in [0, 0.1) is 11.3 Å². The van der Waals surface area contributed by atoms with Crippen molar-refractivity contribution < 1.29 is 28.8 Å². The van der Waals surface area contributed by atoms with Crippen molar-refractivity contribution in [1.29, 1.82) is 0 Å². The van der Waals surface area contributed by atoms with Gasteiger partial charge in [0.1, 0.15) is 11.7 Å². The topological polar surface area (TPSA) is 77.5 Å². The molecule has 6 atom stereocenters. The first-order valence-electron chi connectivity index (χ1n) is 14.0. The standard InChI is InChI=1S/C31H37NO6/c1-35-23-9-8-21-16-24-29-11-12-31(36-2,22(17-29)19-37-18-20-6-4-3-5-7-20)28-30(29,26(21)27(23)38-28)13-15-32(24)14-10-25(33)34/h3-9,22,24,28H,10-19H2,1-2H3,(H,33,34)/t22-,24-,28-,29-,30+,31-/m1/s1. The Morgan fingerprint density at radius 3 is 2.74 bits per heavy atom. The Kier molecular flexibility index (Phi) is 5.59. The van der Waals surface area contributed by atoms with Gasteiger partial charge < -0.3 is 24.1 Å². The first-order chi connectivity index (χ1) is 18.5. The van der Waals surface area contributed by atoms with Crippen molar-refractivity contribution in [2.75, 3.05) is 33.9 Å². The molecule has 3 saturated carbocycles. The largest absolute Gasteiger partial charge is 0.493 e. The molecule has 4 fully saturated rings. The van der Waals surface area contributed by atoms with Gasteiger partial charge in [-0.25, -0.2) is 0 Å². The molecule has 2 aliphatic heterocycles. The smallest absolute Gasteiger partial charge is 0.304 e. The molecule has 1 saturated heterocycles. The van der Waals surface area contributed by atoms with Crippen LogP contribution in [-0.2, 0) is 32.7 Å². The fraction of sp³-hybridized carbons (Fsp3) is 0.581. The van der Waals surface area contributed by atoms with E-state index in [2.05, 4.69) is 23.1 Å². The van der Waals surface area contributed by atoms with Crippen LogP contribution in [0.2, 0.25) is 0 Å². The molecule has 38 heavy (non-hydrogen) atoms. The van der Waals surface area contributed by atoms with Crippen molar-refractivity contribution in [2.24, 2.45) is 11.3 Å². The molecule has 202 valence electrons. The van der Waals surface area contributed by atoms with Gasteiger partial charge in [0.15, 0.2) is 11.5 Å². The zero-order valence-corrected chi connectivity index (χ0v) is 22.3. The highest BCUT2D eigenvalue weighted by Crippen LogP contribution is 2.76. The third-order valence-electron chi connectivity index (χ3n) is 10.9. The first-order valence-corrected chi connectivity index (χ1v) is 14.0. The Balaban J connectivity index is 1.31. The fourth-order valence-electron chi connectivity index (χ4n) is 9.44. The first kappa shape index (κ1) is 24.4. The van der Waals surface area contributed by atoms with Crippen molar-refractivity contribution in [2.45, 2.75) is 68.3 Å². The normalized spacial score (nSPS) is 36.0. The summed E-state index contributed by atoms with van der Waals surface area (Å²) in [6.45, 7) is 2.66. The number of carboxylic acids is 1. The van der Waals surface area contributed by atoms with Crippen LogP contribution in [-0.4, -0.2) is 67.6 Å². The molecule has 7 nitrogen and oxygen atoms in total. The van der Waals surface area contributed by atoms with Crippen molar-refractivity contribution in [1.82, 2.24) is 4.90 Å². The SMILES string of the molecule is COc1ccc2c3c1O[C@H]1[C@@]4(OC)CC[C@@]5(C[C@@H]4COCc4ccccc4)[C@@H](C2)N(CCC(=O)O)CC[C@]315. The minimum atomic E-state index is -0.731. The minimum absolute atomic E-state index is 0.0138. The van der Waals surface area contributed by atoms with Gasteiger partial charge in [0.25, 0.3) is 0 Å². The number of methoxy groups -OCH3 is 2. The predicted molar refractivity (Wildman–Crippen MR) is 141 cm³/mol. The molecular formula is C31H37NO6. The summed E-state index contributed by atoms with van der Waals surface area (Å²) in [7, 11) is 3.57. The summed E-state index contributed by atoms with van der Waals surface area (Å²) in [6, 6.07) is 14.9. The van der Waals surface area contributed by atoms with Gasteiger partial charge in [-0.2, -0.15) is 0 Å². The number of ether oxygens (including phenoxy) is 4. The molecule has 7 heteroatoms. The molecule has 0 unspecified atom stereocenters. The Morgan fingerprint density at radius 2 is 1.97 bits per heavy atom. The summed E-state index contributed by atoms with van der Waals surface area (Å²) >= 11 is 0. The lowest BCUT2D eigenvalue weighted by Crippen LogP contribution is -2.81. The maximum atomic E-state index is 11.6. The van der Waals surface area contributed by atoms with E-state index < -0.39 is 11.6 Å². The minimum Gasteiger partial charge on any atom is -0.493 e. The van der Waals surface area contributed by atoms with Crippen LogP contribution in [0.4, 0.5) is 0 Å². The average molecular weight is 520 g/mol. The third kappa shape index (κ3) is 3.04. The van der Waals surface area contributed by atoms with Gasteiger partial charge in [-0.1, -0.05) is 36.4 Å². The molecule has 8 rings (SSSR count). The van der Waals surface area contributed by atoms with Crippen LogP contribution in [0.1, 0.15) is 48.8 Å². The molecule has 2 aromatic carbocycles. The number of aliphatic carboxylic acids is 1. The molecule has 2 heterocycles. The van der Waals surface area contributed by atoms with Crippen molar-refractivity contribution in [3.63, 3.8) is 0 Å². The van der Waals surface area contributed by atoms with E-state index in [1.807, 2.05) is 31.4 Å². The number of likely N-dealkylation sites (tertiary alicyclic amines) is 1. The molecule has 0 amide bonds. The number of piperidine rings is 1. The number of carbonyl (C=O) groups is 1. The number of hydrogen-bond donors (Lipinski definition) is 1. The van der Waals surface area contributed by atoms with E-state index >= 15 is 0 Å². The van der Waals surface area contributed by atoms with Gasteiger partial charge in [-0.3, -0.25) is 9.69 Å². The van der Waals surface area contributed by atoms with E-state index in [4.69, 9.17) is 18.9 Å². The number of benzene rings is 2. The highest BCUT2D eigenvalue weighted by atomic mass is 16.6. The van der Waals surface area contributed by atoms with Gasteiger partial charge in [-0.05, 0) is 55.8 Å². The van der Waals surface area contributed by atoms with Crippen LogP contribution in [0.25, 0.3) is 0 Å². The van der Waals surface area contributed by atoms with E-state index in [9.17, 15) is 9.90 Å². The molecule has 0 aromatic heterocycles. The Hall–Kier alpha value is -2.61. The van der Waals surface area contributed by atoms with E-state index in [-0.39, 0.29) is 35.3 Å². The van der Waals surface area contributed by atoms with Crippen molar-refractivity contribution >= 4 is 5.97 Å². The second-order valence-electron chi connectivity index (χ2n) is 12.0. The van der Waals surface area contributed by atoms with Crippen molar-refractivity contribution in [3.05, 3.63) is 59.2 Å². The molecule has 6 aliphatic rings. The number of nitrogens with zero attached hydrogens (tertiary/aromatic N) is 1. The van der Waals surface area contributed by atoms with Gasteiger partial charge in [0.2, 0.25) is 0 Å². The monoisotopic (exact) mass is 519 g/mol. The highest BCUT2D eigenvalue weighted by molar-refractivity contribution is 5.67.